The van der Waals surface area contributed by atoms with Crippen molar-refractivity contribution in [2.75, 3.05) is 16.8 Å². The number of rotatable bonds is 4. The van der Waals surface area contributed by atoms with Gasteiger partial charge in [-0.1, -0.05) is 18.1 Å². The summed E-state index contributed by atoms with van der Waals surface area (Å²) in [4.78, 5) is 44.9. The van der Waals surface area contributed by atoms with E-state index in [2.05, 4.69) is 21.1 Å². The lowest BCUT2D eigenvalue weighted by Crippen LogP contribution is -2.65. The fourth-order valence-electron chi connectivity index (χ4n) is 8.66. The normalized spacial score (nSPS) is 24.3. The summed E-state index contributed by atoms with van der Waals surface area (Å²) in [6.45, 7) is 13.1. The zero-order chi connectivity index (χ0) is 39.8. The van der Waals surface area contributed by atoms with Gasteiger partial charge in [0.05, 0.1) is 24.2 Å². The van der Waals surface area contributed by atoms with Gasteiger partial charge in [-0.2, -0.15) is 9.97 Å². The molecule has 2 aromatic carbocycles. The Labute approximate surface area is 324 Å². The van der Waals surface area contributed by atoms with Crippen LogP contribution in [0, 0.1) is 18.2 Å². The zero-order valence-electron chi connectivity index (χ0n) is 32.7. The number of hydrogen-bond donors (Lipinski definition) is 2. The summed E-state index contributed by atoms with van der Waals surface area (Å²) >= 11 is 0. The van der Waals surface area contributed by atoms with Crippen LogP contribution >= 0.6 is 0 Å². The number of anilines is 2. The van der Waals surface area contributed by atoms with Crippen molar-refractivity contribution < 1.29 is 38.0 Å². The molecule has 0 spiro atoms. The molecule has 4 aliphatic rings. The number of ether oxygens (including phenoxy) is 4. The number of amides is 2. The van der Waals surface area contributed by atoms with E-state index in [-0.39, 0.29) is 40.6 Å². The van der Waals surface area contributed by atoms with Crippen LogP contribution in [-0.2, 0) is 9.47 Å². The molecule has 4 aromatic rings. The molecule has 2 bridgehead atoms. The molecule has 3 fully saturated rings. The Bertz CT molecular complexity index is 2300. The van der Waals surface area contributed by atoms with Gasteiger partial charge in [0.15, 0.2) is 5.82 Å². The summed E-state index contributed by atoms with van der Waals surface area (Å²) in [6, 6.07) is 7.68. The standard InChI is InChI=1S/C42H47FN6O7/c1-9-22-12-10-13-23-18-24(44-39(51)55-41(3,4)5)19-26(30(22)23)33-32(43)34-31-36(47-38(46-34)54-29-15-11-14-28(29)50)48-20-25-16-17-27(35(48)21(2)53-37(31)45-33)49(25)40(52)56-42(6,7)8/h1,10,12-13,18-19,21,25,27-29,35,50H,11,14-17,20H2,2-8H3,(H,44,51)/t21-,25+,27-,28+,29+,35+/m0/s1. The van der Waals surface area contributed by atoms with Crippen LogP contribution in [-0.4, -0.2) is 91.3 Å². The second-order valence-electron chi connectivity index (χ2n) is 17.1. The van der Waals surface area contributed by atoms with Crippen LogP contribution in [0.2, 0.25) is 0 Å². The number of terminal acetylenes is 1. The van der Waals surface area contributed by atoms with Crippen LogP contribution in [0.15, 0.2) is 30.3 Å². The summed E-state index contributed by atoms with van der Waals surface area (Å²) in [5, 5.41) is 14.9. The van der Waals surface area contributed by atoms with Gasteiger partial charge in [-0.15, -0.1) is 6.42 Å². The second-order valence-corrected chi connectivity index (χ2v) is 17.1. The van der Waals surface area contributed by atoms with Crippen molar-refractivity contribution in [1.82, 2.24) is 19.9 Å². The predicted octanol–water partition coefficient (Wildman–Crippen LogP) is 7.34. The van der Waals surface area contributed by atoms with E-state index in [0.717, 1.165) is 12.8 Å². The van der Waals surface area contributed by atoms with Crippen molar-refractivity contribution in [3.8, 4) is 35.5 Å². The SMILES string of the molecule is C#Cc1cccc2cc(NC(=O)OC(C)(C)C)cc(-c3nc4c5c(nc(O[C@@H]6CCC[C@H]6O)nc5c3F)N3C[C@H]5CC[C@@H]([C@H]3[C@H](C)O4)N5C(=O)OC(C)(C)C)c12. The van der Waals surface area contributed by atoms with Crippen LogP contribution in [0.25, 0.3) is 32.9 Å². The number of hydrogen-bond acceptors (Lipinski definition) is 11. The number of aliphatic hydroxyl groups is 1. The molecular formula is C42H47FN6O7. The lowest BCUT2D eigenvalue weighted by Gasteiger charge is -2.48. The van der Waals surface area contributed by atoms with E-state index in [4.69, 9.17) is 35.3 Å². The quantitative estimate of drug-likeness (QED) is 0.201. The predicted molar refractivity (Wildman–Crippen MR) is 208 cm³/mol. The molecule has 56 heavy (non-hydrogen) atoms. The molecule has 1 saturated carbocycles. The molecule has 0 unspecified atom stereocenters. The van der Waals surface area contributed by atoms with E-state index < -0.39 is 53.6 Å². The van der Waals surface area contributed by atoms with Gasteiger partial charge >= 0.3 is 18.2 Å². The molecule has 5 heterocycles. The zero-order valence-corrected chi connectivity index (χ0v) is 32.7. The first-order chi connectivity index (χ1) is 26.5. The molecule has 13 nitrogen and oxygen atoms in total. The summed E-state index contributed by atoms with van der Waals surface area (Å²) < 4.78 is 42.0. The third-order valence-electron chi connectivity index (χ3n) is 10.8. The number of nitrogens with one attached hydrogen (secondary N) is 1. The Morgan fingerprint density at radius 1 is 1.02 bits per heavy atom. The number of piperazine rings is 1. The van der Waals surface area contributed by atoms with E-state index in [1.54, 1.807) is 45.0 Å². The summed E-state index contributed by atoms with van der Waals surface area (Å²) in [5.41, 5.74) is -0.551. The number of benzene rings is 2. The lowest BCUT2D eigenvalue weighted by molar-refractivity contribution is 0.000902. The second kappa shape index (κ2) is 13.7. The lowest BCUT2D eigenvalue weighted by atomic mass is 9.95. The Hall–Kier alpha value is -5.42. The number of carbonyl (C=O) groups is 2. The molecule has 2 amide bonds. The first-order valence-corrected chi connectivity index (χ1v) is 19.2. The minimum absolute atomic E-state index is 0.0924. The van der Waals surface area contributed by atoms with E-state index in [1.165, 1.54) is 0 Å². The van der Waals surface area contributed by atoms with E-state index >= 15 is 4.39 Å². The van der Waals surface area contributed by atoms with Crippen LogP contribution in [0.5, 0.6) is 11.9 Å². The summed E-state index contributed by atoms with van der Waals surface area (Å²) in [7, 11) is 0. The van der Waals surface area contributed by atoms with Crippen molar-refractivity contribution in [3.63, 3.8) is 0 Å². The number of aliphatic hydroxyl groups excluding tert-OH is 1. The number of pyridine rings is 1. The third kappa shape index (κ3) is 6.76. The number of nitrogens with zero attached hydrogens (tertiary/aromatic N) is 5. The molecule has 294 valence electrons. The fraction of sp³-hybridized carbons (Fsp3) is 0.500. The van der Waals surface area contributed by atoms with Crippen LogP contribution in [0.3, 0.4) is 0 Å². The highest BCUT2D eigenvalue weighted by Gasteiger charge is 2.54. The van der Waals surface area contributed by atoms with Gasteiger partial charge in [0.25, 0.3) is 0 Å². The number of fused-ring (bicyclic) bond motifs is 6. The van der Waals surface area contributed by atoms with Crippen molar-refractivity contribution in [2.45, 2.75) is 128 Å². The van der Waals surface area contributed by atoms with Crippen molar-refractivity contribution >= 4 is 45.4 Å². The highest BCUT2D eigenvalue weighted by Crippen LogP contribution is 2.47. The maximum atomic E-state index is 17.6. The number of carbonyl (C=O) groups excluding carboxylic acids is 2. The molecule has 2 N–H and O–H groups in total. The van der Waals surface area contributed by atoms with Gasteiger partial charge in [0.2, 0.25) is 5.88 Å². The highest BCUT2D eigenvalue weighted by molar-refractivity contribution is 6.06. The number of halogens is 1. The third-order valence-corrected chi connectivity index (χ3v) is 10.8. The van der Waals surface area contributed by atoms with Crippen LogP contribution in [0.4, 0.5) is 25.5 Å². The van der Waals surface area contributed by atoms with Crippen LogP contribution in [0.1, 0.15) is 86.1 Å². The van der Waals surface area contributed by atoms with Gasteiger partial charge in [-0.25, -0.2) is 19.0 Å². The van der Waals surface area contributed by atoms with E-state index in [0.29, 0.717) is 59.2 Å². The van der Waals surface area contributed by atoms with Gasteiger partial charge in [-0.05, 0) is 104 Å². The molecule has 6 atom stereocenters. The van der Waals surface area contributed by atoms with E-state index in [9.17, 15) is 14.7 Å². The Morgan fingerprint density at radius 3 is 2.48 bits per heavy atom. The average Bonchev–Trinajstić information content (AvgIpc) is 3.62. The molecule has 1 aliphatic carbocycles. The first kappa shape index (κ1) is 37.5. The van der Waals surface area contributed by atoms with Gasteiger partial charge in [-0.3, -0.25) is 10.2 Å². The molecule has 2 saturated heterocycles. The molecule has 14 heteroatoms. The molecule has 2 aromatic heterocycles. The van der Waals surface area contributed by atoms with Crippen molar-refractivity contribution in [3.05, 3.63) is 41.7 Å². The smallest absolute Gasteiger partial charge is 0.412 e. The van der Waals surface area contributed by atoms with E-state index in [1.807, 2.05) is 38.7 Å². The van der Waals surface area contributed by atoms with Crippen molar-refractivity contribution in [1.29, 1.82) is 0 Å². The minimum atomic E-state index is -0.781. The molecule has 8 rings (SSSR count). The maximum absolute atomic E-state index is 17.6. The molecular weight excluding hydrogens is 719 g/mol. The maximum Gasteiger partial charge on any atom is 0.412 e. The monoisotopic (exact) mass is 766 g/mol. The van der Waals surface area contributed by atoms with Gasteiger partial charge in [0, 0.05) is 28.7 Å². The topological polar surface area (TPSA) is 148 Å². The van der Waals surface area contributed by atoms with Gasteiger partial charge in [0.1, 0.15) is 45.8 Å². The Morgan fingerprint density at radius 2 is 1.79 bits per heavy atom. The summed E-state index contributed by atoms with van der Waals surface area (Å²) in [6.07, 6.45) is 6.42. The average molecular weight is 767 g/mol. The summed E-state index contributed by atoms with van der Waals surface area (Å²) in [5.74, 6) is 2.40. The Balaban J connectivity index is 1.32. The van der Waals surface area contributed by atoms with Crippen molar-refractivity contribution in [2.24, 2.45) is 0 Å². The van der Waals surface area contributed by atoms with Gasteiger partial charge < -0.3 is 29.0 Å². The fourth-order valence-corrected chi connectivity index (χ4v) is 8.66. The largest absolute Gasteiger partial charge is 0.472 e. The van der Waals surface area contributed by atoms with Crippen LogP contribution < -0.4 is 19.7 Å². The number of aromatic nitrogens is 3. The minimum Gasteiger partial charge on any atom is -0.472 e. The first-order valence-electron chi connectivity index (χ1n) is 19.2. The molecule has 0 radical (unpaired) electrons. The molecule has 3 aliphatic heterocycles. The Kier molecular flexibility index (Phi) is 9.14. The highest BCUT2D eigenvalue weighted by atomic mass is 19.1.